The lowest BCUT2D eigenvalue weighted by Gasteiger charge is -2.09. The summed E-state index contributed by atoms with van der Waals surface area (Å²) in [5.41, 5.74) is 10.3. The fourth-order valence-corrected chi connectivity index (χ4v) is 3.40. The van der Waals surface area contributed by atoms with Gasteiger partial charge in [-0.2, -0.15) is 19.8 Å². The van der Waals surface area contributed by atoms with E-state index in [1.54, 1.807) is 6.07 Å². The van der Waals surface area contributed by atoms with Crippen molar-refractivity contribution < 1.29 is 14.3 Å². The number of hydrazone groups is 1. The number of fused-ring (bicyclic) bond motifs is 2. The molecule has 1 aromatic heterocycles. The number of hydrogen-bond donors (Lipinski definition) is 3. The van der Waals surface area contributed by atoms with Crippen LogP contribution in [0, 0.1) is 21.7 Å². The highest BCUT2D eigenvalue weighted by Crippen LogP contribution is 2.19. The van der Waals surface area contributed by atoms with E-state index in [4.69, 9.17) is 11.0 Å². The second-order valence-corrected chi connectivity index (χ2v) is 7.24. The van der Waals surface area contributed by atoms with Crippen molar-refractivity contribution in [2.45, 2.75) is 6.42 Å². The van der Waals surface area contributed by atoms with Gasteiger partial charge in [0.1, 0.15) is 6.07 Å². The molecule has 3 aromatic carbocycles. The van der Waals surface area contributed by atoms with Gasteiger partial charge in [-0.25, -0.2) is 10.2 Å². The number of amides is 2. The number of urea groups is 1. The van der Waals surface area contributed by atoms with E-state index in [1.807, 2.05) is 36.4 Å². The molecule has 0 unspecified atom stereocenters. The van der Waals surface area contributed by atoms with Gasteiger partial charge < -0.3 is 21.5 Å². The maximum Gasteiger partial charge on any atom is 0.335 e. The van der Waals surface area contributed by atoms with Gasteiger partial charge in [-0.3, -0.25) is 0 Å². The molecule has 2 amide bonds. The Bertz CT molecular complexity index is 1430. The molecular formula is C23H19N7O3. The number of hydrogen-bond acceptors (Lipinski definition) is 6. The molecule has 33 heavy (non-hydrogen) atoms. The van der Waals surface area contributed by atoms with Crippen LogP contribution in [0.15, 0.2) is 65.8 Å². The van der Waals surface area contributed by atoms with Gasteiger partial charge in [-0.05, 0) is 18.1 Å². The van der Waals surface area contributed by atoms with Gasteiger partial charge in [0.15, 0.2) is 0 Å². The van der Waals surface area contributed by atoms with Gasteiger partial charge in [0.25, 0.3) is 22.1 Å². The van der Waals surface area contributed by atoms with E-state index in [0.717, 1.165) is 5.56 Å². The van der Waals surface area contributed by atoms with Gasteiger partial charge in [-0.1, -0.05) is 30.3 Å². The number of aromatic nitrogens is 2. The third-order valence-electron chi connectivity index (χ3n) is 5.06. The first-order valence-corrected chi connectivity index (χ1v) is 10.0. The predicted octanol–water partition coefficient (Wildman–Crippen LogP) is 1.59. The first-order valence-electron chi connectivity index (χ1n) is 10.0. The van der Waals surface area contributed by atoms with Crippen molar-refractivity contribution in [1.82, 2.24) is 10.7 Å². The molecule has 164 valence electrons. The summed E-state index contributed by atoms with van der Waals surface area (Å²) in [6.45, 7) is 0.448. The predicted molar refractivity (Wildman–Crippen MR) is 123 cm³/mol. The molecular weight excluding hydrogens is 422 g/mol. The number of carbonyl (C=O) groups is 1. The summed E-state index contributed by atoms with van der Waals surface area (Å²) >= 11 is 0. The molecule has 0 fully saturated rings. The molecule has 0 saturated carbocycles. The fourth-order valence-electron chi connectivity index (χ4n) is 3.40. The molecule has 0 aliphatic carbocycles. The van der Waals surface area contributed by atoms with Crippen LogP contribution in [-0.4, -0.2) is 18.8 Å². The highest BCUT2D eigenvalue weighted by atomic mass is 16.5. The largest absolute Gasteiger partial charge is 0.617 e. The molecule has 0 bridgehead atoms. The molecule has 0 aliphatic rings. The van der Waals surface area contributed by atoms with Crippen LogP contribution in [0.5, 0.6) is 0 Å². The van der Waals surface area contributed by atoms with E-state index in [1.165, 1.54) is 30.5 Å². The Morgan fingerprint density at radius 1 is 1.03 bits per heavy atom. The van der Waals surface area contributed by atoms with Crippen LogP contribution in [0.1, 0.15) is 16.7 Å². The van der Waals surface area contributed by atoms with Gasteiger partial charge in [0.05, 0.1) is 17.5 Å². The zero-order chi connectivity index (χ0) is 23.4. The molecule has 4 aromatic rings. The second-order valence-electron chi connectivity index (χ2n) is 7.24. The summed E-state index contributed by atoms with van der Waals surface area (Å²) in [5, 5.41) is 41.4. The van der Waals surface area contributed by atoms with Crippen molar-refractivity contribution >= 4 is 40.0 Å². The maximum absolute atomic E-state index is 12.9. The van der Waals surface area contributed by atoms with E-state index < -0.39 is 6.03 Å². The molecule has 1 heterocycles. The van der Waals surface area contributed by atoms with Crippen LogP contribution in [0.3, 0.4) is 0 Å². The zero-order valence-corrected chi connectivity index (χ0v) is 17.4. The van der Waals surface area contributed by atoms with Crippen LogP contribution < -0.4 is 25.9 Å². The van der Waals surface area contributed by atoms with Crippen LogP contribution >= 0.6 is 0 Å². The lowest BCUT2D eigenvalue weighted by molar-refractivity contribution is -0.591. The van der Waals surface area contributed by atoms with E-state index in [9.17, 15) is 15.2 Å². The van der Waals surface area contributed by atoms with Crippen LogP contribution in [0.2, 0.25) is 0 Å². The third-order valence-corrected chi connectivity index (χ3v) is 5.06. The van der Waals surface area contributed by atoms with Gasteiger partial charge in [0, 0.05) is 36.4 Å². The minimum absolute atomic E-state index is 0.0215. The van der Waals surface area contributed by atoms with Gasteiger partial charge >= 0.3 is 6.03 Å². The van der Waals surface area contributed by atoms with E-state index in [0.29, 0.717) is 28.0 Å². The lowest BCUT2D eigenvalue weighted by atomic mass is 10.1. The Morgan fingerprint density at radius 3 is 2.48 bits per heavy atom. The van der Waals surface area contributed by atoms with Crippen LogP contribution in [-0.2, 0) is 6.42 Å². The number of rotatable bonds is 5. The summed E-state index contributed by atoms with van der Waals surface area (Å²) in [4.78, 5) is 11.9. The Hall–Kier alpha value is -4.91. The van der Waals surface area contributed by atoms with Crippen molar-refractivity contribution in [3.8, 4) is 6.07 Å². The number of carbonyl (C=O) groups excluding carboxylic acids is 1. The van der Waals surface area contributed by atoms with Crippen molar-refractivity contribution in [2.24, 2.45) is 5.10 Å². The molecule has 0 saturated heterocycles. The topological polar surface area (TPSA) is 157 Å². The Kier molecular flexibility index (Phi) is 5.86. The minimum Gasteiger partial charge on any atom is -0.617 e. The van der Waals surface area contributed by atoms with Crippen LogP contribution in [0.4, 0.5) is 10.5 Å². The fraction of sp³-hybridized carbons (Fsp3) is 0.0870. The van der Waals surface area contributed by atoms with E-state index in [-0.39, 0.29) is 33.3 Å². The summed E-state index contributed by atoms with van der Waals surface area (Å²) in [6.07, 6.45) is 2.05. The summed E-state index contributed by atoms with van der Waals surface area (Å²) in [6, 6.07) is 18.3. The van der Waals surface area contributed by atoms with Crippen molar-refractivity contribution in [1.29, 1.82) is 5.26 Å². The van der Waals surface area contributed by atoms with Crippen molar-refractivity contribution in [2.75, 3.05) is 12.3 Å². The highest BCUT2D eigenvalue weighted by Gasteiger charge is 2.23. The molecule has 0 atom stereocenters. The number of benzene rings is 3. The Labute approximate surface area is 188 Å². The van der Waals surface area contributed by atoms with Gasteiger partial charge in [0.2, 0.25) is 0 Å². The summed E-state index contributed by atoms with van der Waals surface area (Å²) in [5.74, 6) is 0. The maximum atomic E-state index is 12.9. The van der Waals surface area contributed by atoms with Crippen molar-refractivity contribution in [3.63, 3.8) is 0 Å². The first-order chi connectivity index (χ1) is 16.0. The molecule has 0 aliphatic heterocycles. The standard InChI is InChI=1S/C23H19N7O3/c24-13-17-11-21-22(12-18(17)25)29(32)19-7-6-16(10-20(19)30(21)33)14-27-28-23(31)26-9-8-15-4-2-1-3-5-15/h1-7,10-12,14H,8-9,25H2,(H2,26,28,31)/b27-14+. The summed E-state index contributed by atoms with van der Waals surface area (Å²) < 4.78 is 1.16. The molecule has 10 heteroatoms. The smallest absolute Gasteiger partial charge is 0.335 e. The molecule has 0 spiro atoms. The van der Waals surface area contributed by atoms with Crippen molar-refractivity contribution in [3.05, 3.63) is 87.8 Å². The minimum atomic E-state index is -0.466. The number of anilines is 1. The van der Waals surface area contributed by atoms with Gasteiger partial charge in [-0.15, -0.1) is 0 Å². The average Bonchev–Trinajstić information content (AvgIpc) is 2.83. The number of nitrogens with zero attached hydrogens (tertiary/aromatic N) is 4. The Balaban J connectivity index is 1.50. The third kappa shape index (κ3) is 4.42. The molecule has 4 rings (SSSR count). The number of nitrogen functional groups attached to an aromatic ring is 1. The number of nitrogens with two attached hydrogens (primary N) is 1. The zero-order valence-electron chi connectivity index (χ0n) is 17.4. The normalized spacial score (nSPS) is 11.0. The van der Waals surface area contributed by atoms with E-state index in [2.05, 4.69) is 15.8 Å². The lowest BCUT2D eigenvalue weighted by Crippen LogP contribution is -2.39. The SMILES string of the molecule is N#Cc1cc2c(cc1N)[n+]([O-])c1ccc(/C=N/NC(=O)NCCc3ccccc3)cc1[n+]2[O-]. The quantitative estimate of drug-likeness (QED) is 0.107. The average molecular weight is 441 g/mol. The highest BCUT2D eigenvalue weighted by molar-refractivity contribution is 5.87. The molecule has 10 nitrogen and oxygen atoms in total. The summed E-state index contributed by atoms with van der Waals surface area (Å²) in [7, 11) is 0. The first kappa shape index (κ1) is 21.3. The second kappa shape index (κ2) is 9.07. The van der Waals surface area contributed by atoms with E-state index >= 15 is 0 Å². The molecule has 0 radical (unpaired) electrons. The number of nitrogens with one attached hydrogen (secondary N) is 2. The molecule has 4 N–H and O–H groups in total. The monoisotopic (exact) mass is 441 g/mol. The number of nitriles is 1. The Morgan fingerprint density at radius 2 is 1.73 bits per heavy atom. The van der Waals surface area contributed by atoms with Crippen LogP contribution in [0.25, 0.3) is 22.1 Å².